The van der Waals surface area contributed by atoms with E-state index >= 15 is 0 Å². The van der Waals surface area contributed by atoms with E-state index in [-0.39, 0.29) is 11.9 Å². The smallest absolute Gasteiger partial charge is 0.230 e. The molecular formula is C20H22N2OS2. The lowest BCUT2D eigenvalue weighted by Gasteiger charge is -2.13. The Hall–Kier alpha value is -1.85. The van der Waals surface area contributed by atoms with Crippen LogP contribution in [0.5, 0.6) is 0 Å². The van der Waals surface area contributed by atoms with Gasteiger partial charge in [0, 0.05) is 11.8 Å². The molecule has 3 aromatic rings. The molecule has 2 aromatic carbocycles. The van der Waals surface area contributed by atoms with Gasteiger partial charge in [-0.05, 0) is 37.5 Å². The molecule has 0 fully saturated rings. The van der Waals surface area contributed by atoms with Crippen molar-refractivity contribution in [2.24, 2.45) is 0 Å². The molecule has 1 N–H and O–H groups in total. The number of hydrogen-bond acceptors (Lipinski definition) is 4. The Morgan fingerprint density at radius 2 is 1.92 bits per heavy atom. The molecule has 0 spiro atoms. The van der Waals surface area contributed by atoms with Gasteiger partial charge in [-0.15, -0.1) is 23.1 Å². The number of nitrogens with one attached hydrogen (secondary N) is 1. The number of benzene rings is 2. The number of nitrogens with zero attached hydrogens (tertiary/aromatic N) is 1. The molecule has 0 aliphatic carbocycles. The van der Waals surface area contributed by atoms with Gasteiger partial charge >= 0.3 is 0 Å². The number of rotatable bonds is 8. The molecule has 0 aliphatic heterocycles. The minimum atomic E-state index is 0.103. The van der Waals surface area contributed by atoms with Crippen LogP contribution < -0.4 is 5.32 Å². The predicted octanol–water partition coefficient (Wildman–Crippen LogP) is 4.67. The molecule has 0 bridgehead atoms. The maximum atomic E-state index is 12.1. The zero-order valence-electron chi connectivity index (χ0n) is 14.3. The number of fused-ring (bicyclic) bond motifs is 1. The molecule has 25 heavy (non-hydrogen) atoms. The maximum Gasteiger partial charge on any atom is 0.230 e. The molecule has 1 amide bonds. The van der Waals surface area contributed by atoms with Crippen LogP contribution in [0.2, 0.25) is 0 Å². The Kier molecular flexibility index (Phi) is 6.48. The van der Waals surface area contributed by atoms with Gasteiger partial charge in [-0.25, -0.2) is 4.98 Å². The largest absolute Gasteiger partial charge is 0.353 e. The summed E-state index contributed by atoms with van der Waals surface area (Å²) in [6.07, 6.45) is 1.94. The van der Waals surface area contributed by atoms with Gasteiger partial charge in [-0.3, -0.25) is 4.79 Å². The van der Waals surface area contributed by atoms with Crippen LogP contribution >= 0.6 is 23.1 Å². The van der Waals surface area contributed by atoms with E-state index in [1.165, 1.54) is 10.3 Å². The molecule has 1 atom stereocenters. The number of hydrogen-bond donors (Lipinski definition) is 1. The van der Waals surface area contributed by atoms with Crippen molar-refractivity contribution in [1.29, 1.82) is 0 Å². The molecule has 130 valence electrons. The molecular weight excluding hydrogens is 348 g/mol. The van der Waals surface area contributed by atoms with Crippen molar-refractivity contribution in [3.63, 3.8) is 0 Å². The molecule has 0 saturated carbocycles. The van der Waals surface area contributed by atoms with Gasteiger partial charge in [-0.1, -0.05) is 42.5 Å². The highest BCUT2D eigenvalue weighted by molar-refractivity contribution is 7.99. The van der Waals surface area contributed by atoms with Crippen molar-refractivity contribution in [1.82, 2.24) is 10.3 Å². The first kappa shape index (κ1) is 18.0. The van der Waals surface area contributed by atoms with Crippen LogP contribution in [0.1, 0.15) is 23.9 Å². The first-order valence-corrected chi connectivity index (χ1v) is 10.4. The lowest BCUT2D eigenvalue weighted by atomic mass is 10.1. The van der Waals surface area contributed by atoms with E-state index in [4.69, 9.17) is 0 Å². The first-order chi connectivity index (χ1) is 12.2. The Morgan fingerprint density at radius 1 is 1.16 bits per heavy atom. The summed E-state index contributed by atoms with van der Waals surface area (Å²) in [4.78, 5) is 16.7. The monoisotopic (exact) mass is 370 g/mol. The lowest BCUT2D eigenvalue weighted by Crippen LogP contribution is -2.34. The first-order valence-electron chi connectivity index (χ1n) is 8.46. The molecule has 0 aliphatic rings. The fourth-order valence-electron chi connectivity index (χ4n) is 2.63. The number of thiazole rings is 1. The van der Waals surface area contributed by atoms with E-state index in [1.54, 1.807) is 23.1 Å². The fourth-order valence-corrected chi connectivity index (χ4v) is 4.49. The Balaban J connectivity index is 1.37. The summed E-state index contributed by atoms with van der Waals surface area (Å²) in [6.45, 7) is 2.07. The van der Waals surface area contributed by atoms with E-state index in [0.29, 0.717) is 5.75 Å². The molecule has 0 saturated heterocycles. The predicted molar refractivity (Wildman–Crippen MR) is 108 cm³/mol. The van der Waals surface area contributed by atoms with Gasteiger partial charge in [0.25, 0.3) is 0 Å². The average Bonchev–Trinajstić information content (AvgIpc) is 3.03. The molecule has 1 unspecified atom stereocenters. The summed E-state index contributed by atoms with van der Waals surface area (Å²) in [7, 11) is 0. The van der Waals surface area contributed by atoms with Crippen LogP contribution in [0.3, 0.4) is 0 Å². The van der Waals surface area contributed by atoms with Crippen LogP contribution in [0.25, 0.3) is 10.2 Å². The number of amides is 1. The van der Waals surface area contributed by atoms with Gasteiger partial charge in [-0.2, -0.15) is 0 Å². The number of thioether (sulfide) groups is 1. The third-order valence-electron chi connectivity index (χ3n) is 3.91. The minimum Gasteiger partial charge on any atom is -0.353 e. The van der Waals surface area contributed by atoms with E-state index in [9.17, 15) is 4.79 Å². The number of carbonyl (C=O) groups is 1. The van der Waals surface area contributed by atoms with Crippen molar-refractivity contribution in [3.05, 3.63) is 65.2 Å². The third-order valence-corrected chi connectivity index (χ3v) is 6.08. The quantitative estimate of drug-likeness (QED) is 0.627. The van der Waals surface area contributed by atoms with Crippen LogP contribution in [-0.4, -0.2) is 22.7 Å². The Labute approximate surface area is 156 Å². The lowest BCUT2D eigenvalue weighted by molar-refractivity contribution is -0.119. The maximum absolute atomic E-state index is 12.1. The number of para-hydroxylation sites is 1. The summed E-state index contributed by atoms with van der Waals surface area (Å²) >= 11 is 3.33. The molecule has 1 heterocycles. The van der Waals surface area contributed by atoms with Crippen molar-refractivity contribution >= 4 is 39.2 Å². The second-order valence-corrected chi connectivity index (χ2v) is 8.16. The summed E-state index contributed by atoms with van der Waals surface area (Å²) in [5.74, 6) is 1.36. The molecule has 0 radical (unpaired) electrons. The summed E-state index contributed by atoms with van der Waals surface area (Å²) in [5, 5.41) is 4.17. The average molecular weight is 371 g/mol. The van der Waals surface area contributed by atoms with E-state index < -0.39 is 0 Å². The SMILES string of the molecule is CC(CCc1ccccc1)NC(=O)CSCc1nc2ccccc2s1. The van der Waals surface area contributed by atoms with E-state index in [1.807, 2.05) is 24.3 Å². The second kappa shape index (κ2) is 9.02. The standard InChI is InChI=1S/C20H22N2OS2/c1-15(11-12-16-7-3-2-4-8-16)21-19(23)13-24-14-20-22-17-9-5-6-10-18(17)25-20/h2-10,15H,11-14H2,1H3,(H,21,23). The van der Waals surface area contributed by atoms with Gasteiger partial charge < -0.3 is 5.32 Å². The van der Waals surface area contributed by atoms with E-state index in [0.717, 1.165) is 29.1 Å². The summed E-state index contributed by atoms with van der Waals surface area (Å²) in [5.41, 5.74) is 2.36. The van der Waals surface area contributed by atoms with Crippen molar-refractivity contribution in [2.45, 2.75) is 31.6 Å². The highest BCUT2D eigenvalue weighted by Crippen LogP contribution is 2.24. The zero-order valence-corrected chi connectivity index (χ0v) is 15.9. The zero-order chi connectivity index (χ0) is 17.5. The van der Waals surface area contributed by atoms with Crippen molar-refractivity contribution in [3.8, 4) is 0 Å². The number of aryl methyl sites for hydroxylation is 1. The highest BCUT2D eigenvalue weighted by Gasteiger charge is 2.09. The van der Waals surface area contributed by atoms with Crippen LogP contribution in [0, 0.1) is 0 Å². The van der Waals surface area contributed by atoms with Crippen LogP contribution in [0.4, 0.5) is 0 Å². The van der Waals surface area contributed by atoms with Gasteiger partial charge in [0.05, 0.1) is 16.0 Å². The summed E-state index contributed by atoms with van der Waals surface area (Å²) < 4.78 is 1.21. The Bertz CT molecular complexity index is 784. The normalized spacial score (nSPS) is 12.2. The molecule has 5 heteroatoms. The molecule has 3 nitrogen and oxygen atoms in total. The third kappa shape index (κ3) is 5.58. The van der Waals surface area contributed by atoms with Crippen LogP contribution in [-0.2, 0) is 17.0 Å². The summed E-state index contributed by atoms with van der Waals surface area (Å²) in [6, 6.07) is 18.7. The molecule has 3 rings (SSSR count). The van der Waals surface area contributed by atoms with Crippen molar-refractivity contribution < 1.29 is 4.79 Å². The van der Waals surface area contributed by atoms with Crippen LogP contribution in [0.15, 0.2) is 54.6 Å². The number of carbonyl (C=O) groups excluding carboxylic acids is 1. The minimum absolute atomic E-state index is 0.103. The second-order valence-electron chi connectivity index (χ2n) is 6.06. The fraction of sp³-hybridized carbons (Fsp3) is 0.300. The van der Waals surface area contributed by atoms with Gasteiger partial charge in [0.15, 0.2) is 0 Å². The highest BCUT2D eigenvalue weighted by atomic mass is 32.2. The Morgan fingerprint density at radius 3 is 2.72 bits per heavy atom. The van der Waals surface area contributed by atoms with Gasteiger partial charge in [0.2, 0.25) is 5.91 Å². The van der Waals surface area contributed by atoms with Crippen molar-refractivity contribution in [2.75, 3.05) is 5.75 Å². The number of aromatic nitrogens is 1. The van der Waals surface area contributed by atoms with E-state index in [2.05, 4.69) is 47.6 Å². The topological polar surface area (TPSA) is 42.0 Å². The molecule has 1 aromatic heterocycles. The van der Waals surface area contributed by atoms with Gasteiger partial charge in [0.1, 0.15) is 5.01 Å².